The quantitative estimate of drug-likeness (QED) is 0.775. The average molecular weight is 285 g/mol. The Bertz CT molecular complexity index is 506. The van der Waals surface area contributed by atoms with Crippen LogP contribution < -0.4 is 0 Å². The van der Waals surface area contributed by atoms with E-state index in [2.05, 4.69) is 10.2 Å². The van der Waals surface area contributed by atoms with Crippen molar-refractivity contribution in [3.05, 3.63) is 24.3 Å². The average Bonchev–Trinajstić information content (AvgIpc) is 2.39. The molecule has 0 saturated carbocycles. The van der Waals surface area contributed by atoms with Gasteiger partial charge in [0.1, 0.15) is 0 Å². The van der Waals surface area contributed by atoms with Gasteiger partial charge in [-0.05, 0) is 30.7 Å². The van der Waals surface area contributed by atoms with E-state index in [-0.39, 0.29) is 18.0 Å². The minimum absolute atomic E-state index is 0.104. The Morgan fingerprint density at radius 2 is 1.84 bits per heavy atom. The van der Waals surface area contributed by atoms with Crippen molar-refractivity contribution in [1.82, 2.24) is 4.31 Å². The van der Waals surface area contributed by atoms with Gasteiger partial charge in [0.05, 0.1) is 17.2 Å². The van der Waals surface area contributed by atoms with Gasteiger partial charge in [-0.2, -0.15) is 14.5 Å². The van der Waals surface area contributed by atoms with Crippen LogP contribution in [-0.4, -0.2) is 44.6 Å². The molecule has 1 rings (SSSR count). The van der Waals surface area contributed by atoms with E-state index < -0.39 is 10.0 Å². The first-order valence-corrected chi connectivity index (χ1v) is 7.51. The van der Waals surface area contributed by atoms with Gasteiger partial charge in [0, 0.05) is 20.1 Å². The molecule has 106 valence electrons. The monoisotopic (exact) mass is 285 g/mol. The van der Waals surface area contributed by atoms with Crippen molar-refractivity contribution in [2.75, 3.05) is 26.7 Å². The van der Waals surface area contributed by atoms with Crippen LogP contribution in [0.5, 0.6) is 0 Å². The number of aliphatic hydroxyl groups is 1. The van der Waals surface area contributed by atoms with Gasteiger partial charge in [0.15, 0.2) is 0 Å². The number of hydrogen-bond acceptors (Lipinski definition) is 5. The first kappa shape index (κ1) is 15.7. The molecule has 0 aliphatic heterocycles. The third-order valence-electron chi connectivity index (χ3n) is 2.51. The molecule has 0 aromatic heterocycles. The van der Waals surface area contributed by atoms with Crippen LogP contribution in [0.4, 0.5) is 5.69 Å². The van der Waals surface area contributed by atoms with Crippen LogP contribution in [0.2, 0.25) is 0 Å². The summed E-state index contributed by atoms with van der Waals surface area (Å²) in [5.74, 6) is 0. The molecule has 0 radical (unpaired) electrons. The molecule has 0 bridgehead atoms. The molecular weight excluding hydrogens is 266 g/mol. The van der Waals surface area contributed by atoms with Crippen LogP contribution >= 0.6 is 0 Å². The molecule has 0 fully saturated rings. The Labute approximate surface area is 113 Å². The number of nitrogens with zero attached hydrogens (tertiary/aromatic N) is 3. The third kappa shape index (κ3) is 4.09. The minimum Gasteiger partial charge on any atom is -0.395 e. The number of sulfonamides is 1. The fourth-order valence-corrected chi connectivity index (χ4v) is 3.19. The Morgan fingerprint density at radius 1 is 1.21 bits per heavy atom. The first-order chi connectivity index (χ1) is 9.06. The van der Waals surface area contributed by atoms with Gasteiger partial charge in [-0.25, -0.2) is 8.42 Å². The Balaban J connectivity index is 3.03. The maximum atomic E-state index is 12.3. The fraction of sp³-hybridized carbons (Fsp3) is 0.500. The highest BCUT2D eigenvalue weighted by Crippen LogP contribution is 2.20. The Morgan fingerprint density at radius 3 is 2.32 bits per heavy atom. The molecular formula is C12H19N3O3S. The number of rotatable bonds is 7. The standard InChI is InChI=1S/C12H19N3O3S/c1-3-8-15(9-10-16)19(17,18)12-6-4-11(5-7-12)14-13-2/h4-7,16H,3,8-10H2,1-2H3. The normalized spacial score (nSPS) is 12.4. The van der Waals surface area contributed by atoms with Crippen molar-refractivity contribution < 1.29 is 13.5 Å². The molecule has 6 nitrogen and oxygen atoms in total. The highest BCUT2D eigenvalue weighted by Gasteiger charge is 2.22. The number of benzene rings is 1. The van der Waals surface area contributed by atoms with Gasteiger partial charge >= 0.3 is 0 Å². The van der Waals surface area contributed by atoms with Crippen molar-refractivity contribution in [2.45, 2.75) is 18.2 Å². The predicted molar refractivity (Wildman–Crippen MR) is 73.0 cm³/mol. The van der Waals surface area contributed by atoms with Crippen LogP contribution in [0.25, 0.3) is 0 Å². The summed E-state index contributed by atoms with van der Waals surface area (Å²) in [6, 6.07) is 6.20. The summed E-state index contributed by atoms with van der Waals surface area (Å²) in [4.78, 5) is 0.199. The molecule has 0 heterocycles. The van der Waals surface area contributed by atoms with E-state index >= 15 is 0 Å². The zero-order valence-corrected chi connectivity index (χ0v) is 12.0. The van der Waals surface area contributed by atoms with Crippen LogP contribution in [0.15, 0.2) is 39.4 Å². The summed E-state index contributed by atoms with van der Waals surface area (Å²) < 4.78 is 26.0. The van der Waals surface area contributed by atoms with Crippen LogP contribution in [0.1, 0.15) is 13.3 Å². The molecule has 1 N–H and O–H groups in total. The van der Waals surface area contributed by atoms with E-state index in [1.807, 2.05) is 6.92 Å². The van der Waals surface area contributed by atoms with Crippen LogP contribution in [-0.2, 0) is 10.0 Å². The number of hydrogen-bond donors (Lipinski definition) is 1. The Hall–Kier alpha value is -1.31. The lowest BCUT2D eigenvalue weighted by atomic mass is 10.3. The molecule has 0 amide bonds. The van der Waals surface area contributed by atoms with Crippen molar-refractivity contribution in [2.24, 2.45) is 10.2 Å². The van der Waals surface area contributed by atoms with Gasteiger partial charge in [0.25, 0.3) is 0 Å². The summed E-state index contributed by atoms with van der Waals surface area (Å²) in [5.41, 5.74) is 0.602. The van der Waals surface area contributed by atoms with Crippen molar-refractivity contribution in [1.29, 1.82) is 0 Å². The molecule has 0 spiro atoms. The highest BCUT2D eigenvalue weighted by atomic mass is 32.2. The number of aliphatic hydroxyl groups excluding tert-OH is 1. The largest absolute Gasteiger partial charge is 0.395 e. The summed E-state index contributed by atoms with van der Waals surface area (Å²) >= 11 is 0. The molecule has 7 heteroatoms. The zero-order valence-electron chi connectivity index (χ0n) is 11.2. The lowest BCUT2D eigenvalue weighted by molar-refractivity contribution is 0.253. The van der Waals surface area contributed by atoms with Gasteiger partial charge < -0.3 is 5.11 Å². The molecule has 1 aromatic rings. The first-order valence-electron chi connectivity index (χ1n) is 6.07. The van der Waals surface area contributed by atoms with Gasteiger partial charge in [-0.3, -0.25) is 0 Å². The van der Waals surface area contributed by atoms with Crippen LogP contribution in [0, 0.1) is 0 Å². The molecule has 0 saturated heterocycles. The van der Waals surface area contributed by atoms with E-state index in [0.717, 1.165) is 0 Å². The summed E-state index contributed by atoms with van der Waals surface area (Å²) in [5, 5.41) is 16.4. The molecule has 0 aliphatic carbocycles. The second-order valence-corrected chi connectivity index (χ2v) is 5.86. The lowest BCUT2D eigenvalue weighted by Gasteiger charge is -2.20. The molecule has 1 aromatic carbocycles. The smallest absolute Gasteiger partial charge is 0.243 e. The topological polar surface area (TPSA) is 82.3 Å². The van der Waals surface area contributed by atoms with Crippen LogP contribution in [0.3, 0.4) is 0 Å². The third-order valence-corrected chi connectivity index (χ3v) is 4.43. The molecule has 0 unspecified atom stereocenters. The fourth-order valence-electron chi connectivity index (χ4n) is 1.66. The second kappa shape index (κ2) is 7.32. The Kier molecular flexibility index (Phi) is 6.07. The molecule has 0 aliphatic rings. The van der Waals surface area contributed by atoms with E-state index in [0.29, 0.717) is 18.7 Å². The molecule has 19 heavy (non-hydrogen) atoms. The maximum absolute atomic E-state index is 12.3. The minimum atomic E-state index is -3.56. The summed E-state index contributed by atoms with van der Waals surface area (Å²) in [7, 11) is -2.01. The SMILES string of the molecule is CCCN(CCO)S(=O)(=O)c1ccc(N=NC)cc1. The van der Waals surface area contributed by atoms with Gasteiger partial charge in [0.2, 0.25) is 10.0 Å². The lowest BCUT2D eigenvalue weighted by Crippen LogP contribution is -2.34. The molecule has 0 atom stereocenters. The predicted octanol–water partition coefficient (Wildman–Crippen LogP) is 1.79. The van der Waals surface area contributed by atoms with Gasteiger partial charge in [-0.15, -0.1) is 0 Å². The van der Waals surface area contributed by atoms with Gasteiger partial charge in [-0.1, -0.05) is 6.92 Å². The van der Waals surface area contributed by atoms with E-state index in [4.69, 9.17) is 5.11 Å². The van der Waals surface area contributed by atoms with E-state index in [1.54, 1.807) is 19.2 Å². The zero-order chi connectivity index (χ0) is 14.3. The number of azo groups is 1. The summed E-state index contributed by atoms with van der Waals surface area (Å²) in [6.07, 6.45) is 0.696. The maximum Gasteiger partial charge on any atom is 0.243 e. The van der Waals surface area contributed by atoms with Crippen molar-refractivity contribution in [3.8, 4) is 0 Å². The van der Waals surface area contributed by atoms with E-state index in [9.17, 15) is 8.42 Å². The summed E-state index contributed by atoms with van der Waals surface area (Å²) in [6.45, 7) is 2.19. The van der Waals surface area contributed by atoms with Crippen molar-refractivity contribution >= 4 is 15.7 Å². The van der Waals surface area contributed by atoms with E-state index in [1.165, 1.54) is 16.4 Å². The van der Waals surface area contributed by atoms with Crippen molar-refractivity contribution in [3.63, 3.8) is 0 Å². The second-order valence-electron chi connectivity index (χ2n) is 3.92. The highest BCUT2D eigenvalue weighted by molar-refractivity contribution is 7.89.